The zero-order valence-corrected chi connectivity index (χ0v) is 14.4. The van der Waals surface area contributed by atoms with Crippen molar-refractivity contribution in [2.45, 2.75) is 27.3 Å². The highest BCUT2D eigenvalue weighted by atomic mass is 16.5. The Morgan fingerprint density at radius 3 is 2.76 bits per heavy atom. The Balaban J connectivity index is 2.23. The summed E-state index contributed by atoms with van der Waals surface area (Å²) in [5, 5.41) is 0.393. The molecule has 0 spiro atoms. The molecule has 6 heteroatoms. The van der Waals surface area contributed by atoms with E-state index in [4.69, 9.17) is 4.74 Å². The summed E-state index contributed by atoms with van der Waals surface area (Å²) in [7, 11) is 0. The minimum absolute atomic E-state index is 0.00795. The Morgan fingerprint density at radius 2 is 2.04 bits per heavy atom. The molecule has 0 aliphatic heterocycles. The largest absolute Gasteiger partial charge is 0.462 e. The summed E-state index contributed by atoms with van der Waals surface area (Å²) in [6.07, 6.45) is 3.24. The fraction of sp³-hybridized carbons (Fsp3) is 0.263. The van der Waals surface area contributed by atoms with Crippen LogP contribution in [0.4, 0.5) is 0 Å². The number of nitrogens with zero attached hydrogens (tertiary/aromatic N) is 3. The molecule has 25 heavy (non-hydrogen) atoms. The van der Waals surface area contributed by atoms with E-state index in [0.29, 0.717) is 17.6 Å². The number of hydrogen-bond donors (Lipinski definition) is 0. The highest BCUT2D eigenvalue weighted by Crippen LogP contribution is 2.14. The molecule has 0 unspecified atom stereocenters. The number of carbonyl (C=O) groups is 1. The first-order chi connectivity index (χ1) is 12.0. The number of aromatic nitrogens is 3. The van der Waals surface area contributed by atoms with Gasteiger partial charge in [-0.15, -0.1) is 0 Å². The van der Waals surface area contributed by atoms with E-state index >= 15 is 0 Å². The van der Waals surface area contributed by atoms with Crippen molar-refractivity contribution in [2.75, 3.05) is 6.61 Å². The molecule has 3 heterocycles. The SMILES string of the molecule is CCOC(=O)c1cn(Cc2ncccc2C)c2nc(C)ccc2c1=O. The first-order valence-electron chi connectivity index (χ1n) is 8.09. The van der Waals surface area contributed by atoms with E-state index in [1.807, 2.05) is 26.0 Å². The van der Waals surface area contributed by atoms with E-state index in [0.717, 1.165) is 17.0 Å². The highest BCUT2D eigenvalue weighted by Gasteiger charge is 2.18. The van der Waals surface area contributed by atoms with Crippen molar-refractivity contribution in [3.05, 3.63) is 69.4 Å². The fourth-order valence-corrected chi connectivity index (χ4v) is 2.68. The summed E-state index contributed by atoms with van der Waals surface area (Å²) >= 11 is 0. The van der Waals surface area contributed by atoms with E-state index in [9.17, 15) is 9.59 Å². The van der Waals surface area contributed by atoms with Crippen molar-refractivity contribution in [3.8, 4) is 0 Å². The highest BCUT2D eigenvalue weighted by molar-refractivity contribution is 5.93. The molecule has 0 bridgehead atoms. The molecule has 0 atom stereocenters. The van der Waals surface area contributed by atoms with E-state index in [-0.39, 0.29) is 17.6 Å². The predicted molar refractivity (Wildman–Crippen MR) is 94.8 cm³/mol. The van der Waals surface area contributed by atoms with Crippen LogP contribution in [-0.2, 0) is 11.3 Å². The molecular weight excluding hydrogens is 318 g/mol. The summed E-state index contributed by atoms with van der Waals surface area (Å²) in [6, 6.07) is 7.30. The number of rotatable bonds is 4. The summed E-state index contributed by atoms with van der Waals surface area (Å²) in [6.45, 7) is 6.16. The van der Waals surface area contributed by atoms with E-state index < -0.39 is 5.97 Å². The van der Waals surface area contributed by atoms with Crippen LogP contribution in [0.15, 0.2) is 41.5 Å². The van der Waals surface area contributed by atoms with Gasteiger partial charge in [-0.3, -0.25) is 9.78 Å². The second kappa shape index (κ2) is 6.84. The molecule has 3 aromatic heterocycles. The van der Waals surface area contributed by atoms with Gasteiger partial charge >= 0.3 is 5.97 Å². The first-order valence-corrected chi connectivity index (χ1v) is 8.09. The summed E-state index contributed by atoms with van der Waals surface area (Å²) < 4.78 is 6.81. The van der Waals surface area contributed by atoms with Crippen LogP contribution in [0.25, 0.3) is 11.0 Å². The van der Waals surface area contributed by atoms with Crippen LogP contribution in [-0.4, -0.2) is 27.1 Å². The van der Waals surface area contributed by atoms with Gasteiger partial charge in [-0.1, -0.05) is 6.07 Å². The van der Waals surface area contributed by atoms with E-state index in [2.05, 4.69) is 9.97 Å². The zero-order valence-electron chi connectivity index (χ0n) is 14.4. The number of fused-ring (bicyclic) bond motifs is 1. The number of carbonyl (C=O) groups excluding carboxylic acids is 1. The lowest BCUT2D eigenvalue weighted by atomic mass is 10.1. The number of esters is 1. The number of hydrogen-bond acceptors (Lipinski definition) is 5. The van der Waals surface area contributed by atoms with Gasteiger partial charge in [-0.2, -0.15) is 0 Å². The standard InChI is InChI=1S/C19H19N3O3/c1-4-25-19(24)15-10-22(11-16-12(2)6-5-9-20-16)18-14(17(15)23)8-7-13(3)21-18/h5-10H,4,11H2,1-3H3. The molecule has 0 saturated heterocycles. The Kier molecular flexibility index (Phi) is 4.61. The van der Waals surface area contributed by atoms with Crippen LogP contribution >= 0.6 is 0 Å². The smallest absolute Gasteiger partial charge is 0.343 e. The van der Waals surface area contributed by atoms with E-state index in [1.165, 1.54) is 6.20 Å². The lowest BCUT2D eigenvalue weighted by Crippen LogP contribution is -2.22. The average molecular weight is 337 g/mol. The minimum Gasteiger partial charge on any atom is -0.462 e. The summed E-state index contributed by atoms with van der Waals surface area (Å²) in [5.74, 6) is -0.624. The molecule has 0 aliphatic rings. The van der Waals surface area contributed by atoms with Gasteiger partial charge in [0.05, 0.1) is 24.2 Å². The molecular formula is C19H19N3O3. The number of pyridine rings is 3. The predicted octanol–water partition coefficient (Wildman–Crippen LogP) is 2.63. The first kappa shape index (κ1) is 16.8. The van der Waals surface area contributed by atoms with Crippen molar-refractivity contribution in [1.82, 2.24) is 14.5 Å². The van der Waals surface area contributed by atoms with Crippen molar-refractivity contribution >= 4 is 17.0 Å². The topological polar surface area (TPSA) is 74.1 Å². The van der Waals surface area contributed by atoms with Crippen molar-refractivity contribution in [2.24, 2.45) is 0 Å². The van der Waals surface area contributed by atoms with Crippen LogP contribution in [0.1, 0.15) is 34.2 Å². The Morgan fingerprint density at radius 1 is 1.24 bits per heavy atom. The van der Waals surface area contributed by atoms with Gasteiger partial charge in [0.15, 0.2) is 0 Å². The van der Waals surface area contributed by atoms with Gasteiger partial charge in [0, 0.05) is 18.1 Å². The number of aryl methyl sites for hydroxylation is 2. The van der Waals surface area contributed by atoms with Crippen molar-refractivity contribution in [3.63, 3.8) is 0 Å². The van der Waals surface area contributed by atoms with Crippen LogP contribution in [0.5, 0.6) is 0 Å². The van der Waals surface area contributed by atoms with Crippen LogP contribution in [0.3, 0.4) is 0 Å². The lowest BCUT2D eigenvalue weighted by Gasteiger charge is -2.13. The summed E-state index contributed by atoms with van der Waals surface area (Å²) in [5.41, 5.74) is 2.85. The second-order valence-corrected chi connectivity index (χ2v) is 5.81. The molecule has 0 fully saturated rings. The van der Waals surface area contributed by atoms with Gasteiger partial charge in [0.1, 0.15) is 11.2 Å². The summed E-state index contributed by atoms with van der Waals surface area (Å²) in [4.78, 5) is 33.7. The third-order valence-electron chi connectivity index (χ3n) is 3.99. The third kappa shape index (κ3) is 3.28. The van der Waals surface area contributed by atoms with Crippen molar-refractivity contribution in [1.29, 1.82) is 0 Å². The minimum atomic E-state index is -0.624. The van der Waals surface area contributed by atoms with Gasteiger partial charge < -0.3 is 9.30 Å². The Bertz CT molecular complexity index is 1010. The third-order valence-corrected chi connectivity index (χ3v) is 3.99. The quantitative estimate of drug-likeness (QED) is 0.684. The molecule has 0 N–H and O–H groups in total. The van der Waals surface area contributed by atoms with Crippen LogP contribution in [0.2, 0.25) is 0 Å². The average Bonchev–Trinajstić information content (AvgIpc) is 2.59. The monoisotopic (exact) mass is 337 g/mol. The van der Waals surface area contributed by atoms with Gasteiger partial charge in [-0.25, -0.2) is 9.78 Å². The second-order valence-electron chi connectivity index (χ2n) is 5.81. The number of ether oxygens (including phenoxy) is 1. The van der Waals surface area contributed by atoms with Gasteiger partial charge in [0.25, 0.3) is 0 Å². The maximum Gasteiger partial charge on any atom is 0.343 e. The lowest BCUT2D eigenvalue weighted by molar-refractivity contribution is 0.0524. The molecule has 3 rings (SSSR count). The fourth-order valence-electron chi connectivity index (χ4n) is 2.68. The molecule has 0 amide bonds. The normalized spacial score (nSPS) is 10.8. The maximum atomic E-state index is 12.7. The van der Waals surface area contributed by atoms with Crippen LogP contribution < -0.4 is 5.43 Å². The molecule has 0 aromatic carbocycles. The molecule has 6 nitrogen and oxygen atoms in total. The maximum absolute atomic E-state index is 12.7. The van der Waals surface area contributed by atoms with Gasteiger partial charge in [0.2, 0.25) is 5.43 Å². The molecule has 0 aliphatic carbocycles. The molecule has 3 aromatic rings. The zero-order chi connectivity index (χ0) is 18.0. The molecule has 0 radical (unpaired) electrons. The van der Waals surface area contributed by atoms with Crippen molar-refractivity contribution < 1.29 is 9.53 Å². The Labute approximate surface area is 145 Å². The van der Waals surface area contributed by atoms with Crippen LogP contribution in [0, 0.1) is 13.8 Å². The Hall–Kier alpha value is -3.02. The van der Waals surface area contributed by atoms with E-state index in [1.54, 1.807) is 29.8 Å². The molecule has 128 valence electrons. The van der Waals surface area contributed by atoms with Gasteiger partial charge in [-0.05, 0) is 44.5 Å². The molecule has 0 saturated carbocycles.